The third-order valence-electron chi connectivity index (χ3n) is 6.35. The second-order valence-electron chi connectivity index (χ2n) is 8.77. The maximum absolute atomic E-state index is 15.0. The number of likely N-dealkylation sites (tertiary alicyclic amines) is 1. The van der Waals surface area contributed by atoms with Crippen molar-refractivity contribution >= 4 is 35.0 Å². The number of carbonyl (C=O) groups excluding carboxylic acids is 1. The Morgan fingerprint density at radius 1 is 1.22 bits per heavy atom. The van der Waals surface area contributed by atoms with Crippen LogP contribution in [-0.2, 0) is 4.79 Å². The molecule has 2 fully saturated rings. The highest BCUT2D eigenvalue weighted by Crippen LogP contribution is 2.33. The van der Waals surface area contributed by atoms with E-state index in [-0.39, 0.29) is 17.7 Å². The maximum atomic E-state index is 15.0. The van der Waals surface area contributed by atoms with Crippen molar-refractivity contribution in [1.82, 2.24) is 20.2 Å². The molecular weight excluding hydrogens is 431 g/mol. The highest BCUT2D eigenvalue weighted by atomic mass is 35.5. The quantitative estimate of drug-likeness (QED) is 0.620. The molecule has 9 heteroatoms. The Morgan fingerprint density at radius 2 is 2.00 bits per heavy atom. The summed E-state index contributed by atoms with van der Waals surface area (Å²) in [4.78, 5) is 23.1. The van der Waals surface area contributed by atoms with E-state index in [1.807, 2.05) is 13.0 Å². The van der Waals surface area contributed by atoms with E-state index in [1.54, 1.807) is 6.07 Å². The van der Waals surface area contributed by atoms with Crippen molar-refractivity contribution in [1.29, 1.82) is 0 Å². The van der Waals surface area contributed by atoms with Gasteiger partial charge >= 0.3 is 0 Å². The molecule has 3 N–H and O–H groups in total. The van der Waals surface area contributed by atoms with E-state index >= 15 is 0 Å². The average Bonchev–Trinajstić information content (AvgIpc) is 2.97. The molecule has 1 atom stereocenters. The van der Waals surface area contributed by atoms with Crippen LogP contribution in [0.4, 0.5) is 21.8 Å². The first kappa shape index (κ1) is 22.7. The Hall–Kier alpha value is -2.45. The summed E-state index contributed by atoms with van der Waals surface area (Å²) in [6.45, 7) is 4.74. The molecule has 1 aromatic heterocycles. The molecule has 172 valence electrons. The summed E-state index contributed by atoms with van der Waals surface area (Å²) in [6.07, 6.45) is 6.09. The number of halogens is 2. The van der Waals surface area contributed by atoms with Crippen molar-refractivity contribution < 1.29 is 9.18 Å². The van der Waals surface area contributed by atoms with Gasteiger partial charge in [-0.15, -0.1) is 0 Å². The summed E-state index contributed by atoms with van der Waals surface area (Å²) < 4.78 is 15.0. The molecule has 0 unspecified atom stereocenters. The highest BCUT2D eigenvalue weighted by Gasteiger charge is 2.23. The molecule has 2 aliphatic heterocycles. The van der Waals surface area contributed by atoms with E-state index in [2.05, 4.69) is 37.9 Å². The van der Waals surface area contributed by atoms with Crippen molar-refractivity contribution in [3.63, 3.8) is 0 Å². The fraction of sp³-hybridized carbons (Fsp3) is 0.522. The number of hydrogen-bond donors (Lipinski definition) is 3. The number of aryl methyl sites for hydroxylation is 1. The maximum Gasteiger partial charge on any atom is 0.242 e. The Morgan fingerprint density at radius 3 is 2.78 bits per heavy atom. The molecule has 2 aromatic rings. The summed E-state index contributed by atoms with van der Waals surface area (Å²) in [7, 11) is 2.12. The molecule has 0 saturated carbocycles. The van der Waals surface area contributed by atoms with Crippen LogP contribution in [0.1, 0.15) is 49.1 Å². The van der Waals surface area contributed by atoms with Crippen molar-refractivity contribution in [3.8, 4) is 0 Å². The van der Waals surface area contributed by atoms with Gasteiger partial charge in [0.25, 0.3) is 0 Å². The molecule has 2 saturated heterocycles. The molecular formula is C23H30ClFN6O. The summed E-state index contributed by atoms with van der Waals surface area (Å²) in [5.74, 6) is 0.546. The van der Waals surface area contributed by atoms with Crippen molar-refractivity contribution in [2.75, 3.05) is 37.3 Å². The minimum Gasteiger partial charge on any atom is -0.357 e. The van der Waals surface area contributed by atoms with Gasteiger partial charge in [0.1, 0.15) is 16.9 Å². The van der Waals surface area contributed by atoms with Crippen LogP contribution in [-0.4, -0.2) is 53.5 Å². The van der Waals surface area contributed by atoms with Crippen LogP contribution in [0.25, 0.3) is 0 Å². The van der Waals surface area contributed by atoms with Crippen LogP contribution < -0.4 is 16.0 Å². The van der Waals surface area contributed by atoms with Gasteiger partial charge in [-0.2, -0.15) is 4.98 Å². The van der Waals surface area contributed by atoms with Gasteiger partial charge in [-0.1, -0.05) is 11.6 Å². The van der Waals surface area contributed by atoms with Crippen LogP contribution in [0.2, 0.25) is 5.02 Å². The van der Waals surface area contributed by atoms with Gasteiger partial charge in [-0.05, 0) is 88.3 Å². The van der Waals surface area contributed by atoms with E-state index in [0.717, 1.165) is 49.9 Å². The lowest BCUT2D eigenvalue weighted by molar-refractivity contribution is -0.121. The van der Waals surface area contributed by atoms with Crippen LogP contribution in [0, 0.1) is 12.7 Å². The van der Waals surface area contributed by atoms with Gasteiger partial charge in [0.05, 0.1) is 11.9 Å². The second kappa shape index (κ2) is 10.0. The summed E-state index contributed by atoms with van der Waals surface area (Å²) in [6, 6.07) is 3.04. The number of rotatable bonds is 5. The molecule has 3 heterocycles. The molecule has 0 radical (unpaired) electrons. The summed E-state index contributed by atoms with van der Waals surface area (Å²) in [5.41, 5.74) is 2.44. The molecule has 7 nitrogen and oxygen atoms in total. The van der Waals surface area contributed by atoms with Crippen molar-refractivity contribution in [2.24, 2.45) is 0 Å². The first-order valence-corrected chi connectivity index (χ1v) is 11.6. The fourth-order valence-electron chi connectivity index (χ4n) is 4.44. The second-order valence-corrected chi connectivity index (χ2v) is 9.17. The van der Waals surface area contributed by atoms with Crippen LogP contribution in [0.15, 0.2) is 18.3 Å². The molecule has 4 rings (SSSR count). The molecule has 0 spiro atoms. The smallest absolute Gasteiger partial charge is 0.242 e. The highest BCUT2D eigenvalue weighted by molar-refractivity contribution is 6.32. The molecule has 32 heavy (non-hydrogen) atoms. The number of carbonyl (C=O) groups is 1. The molecule has 1 aromatic carbocycles. The topological polar surface area (TPSA) is 82.2 Å². The van der Waals surface area contributed by atoms with Crippen LogP contribution in [0.5, 0.6) is 0 Å². The Labute approximate surface area is 193 Å². The van der Waals surface area contributed by atoms with Crippen molar-refractivity contribution in [2.45, 2.75) is 51.0 Å². The lowest BCUT2D eigenvalue weighted by Crippen LogP contribution is -2.38. The normalized spacial score (nSPS) is 20.5. The van der Waals surface area contributed by atoms with E-state index in [4.69, 9.17) is 11.6 Å². The first-order valence-electron chi connectivity index (χ1n) is 11.2. The number of amides is 1. The van der Waals surface area contributed by atoms with Gasteiger partial charge in [-0.25, -0.2) is 9.37 Å². The minimum absolute atomic E-state index is 0.0714. The lowest BCUT2D eigenvalue weighted by Gasteiger charge is -2.30. The van der Waals surface area contributed by atoms with Gasteiger partial charge in [0, 0.05) is 6.54 Å². The van der Waals surface area contributed by atoms with E-state index in [0.29, 0.717) is 35.4 Å². The van der Waals surface area contributed by atoms with Gasteiger partial charge in [0.15, 0.2) is 5.82 Å². The predicted molar refractivity (Wildman–Crippen MR) is 125 cm³/mol. The zero-order valence-corrected chi connectivity index (χ0v) is 19.3. The number of piperidine rings is 1. The predicted octanol–water partition coefficient (Wildman–Crippen LogP) is 4.21. The SMILES string of the molecule is Cc1cc(Nc2ncc(Cl)c(N[C@H]3CCCCNC3=O)n2)c(F)cc1C1CCN(C)CC1. The minimum atomic E-state index is -0.412. The number of anilines is 3. The number of nitrogens with zero attached hydrogens (tertiary/aromatic N) is 3. The van der Waals surface area contributed by atoms with Gasteiger partial charge in [-0.3, -0.25) is 4.79 Å². The summed E-state index contributed by atoms with van der Waals surface area (Å²) in [5, 5.41) is 9.28. The Kier molecular flexibility index (Phi) is 7.10. The third kappa shape index (κ3) is 5.30. The van der Waals surface area contributed by atoms with Crippen LogP contribution in [0.3, 0.4) is 0 Å². The lowest BCUT2D eigenvalue weighted by atomic mass is 9.86. The van der Waals surface area contributed by atoms with Crippen LogP contribution >= 0.6 is 11.6 Å². The monoisotopic (exact) mass is 460 g/mol. The standard InChI is InChI=1S/C23H30ClFN6O/c1-14-11-20(18(25)12-16(14)15-6-9-31(2)10-7-15)29-23-27-13-17(24)21(30-23)28-19-5-3-4-8-26-22(19)32/h11-13,15,19H,3-10H2,1-2H3,(H,26,32)(H2,27,28,29,30)/t19-/m0/s1. The average molecular weight is 461 g/mol. The Bertz CT molecular complexity index is 979. The summed E-state index contributed by atoms with van der Waals surface area (Å²) >= 11 is 6.26. The largest absolute Gasteiger partial charge is 0.357 e. The molecule has 0 bridgehead atoms. The van der Waals surface area contributed by atoms with E-state index in [1.165, 1.54) is 6.20 Å². The Balaban J connectivity index is 1.51. The van der Waals surface area contributed by atoms with Gasteiger partial charge in [0.2, 0.25) is 11.9 Å². The molecule has 2 aliphatic rings. The molecule has 0 aliphatic carbocycles. The number of hydrogen-bond acceptors (Lipinski definition) is 6. The van der Waals surface area contributed by atoms with E-state index < -0.39 is 6.04 Å². The number of benzene rings is 1. The van der Waals surface area contributed by atoms with E-state index in [9.17, 15) is 9.18 Å². The van der Waals surface area contributed by atoms with Crippen molar-refractivity contribution in [3.05, 3.63) is 40.3 Å². The van der Waals surface area contributed by atoms with Gasteiger partial charge < -0.3 is 20.9 Å². The molecule has 1 amide bonds. The fourth-order valence-corrected chi connectivity index (χ4v) is 4.59. The number of nitrogens with one attached hydrogen (secondary N) is 3. The zero-order valence-electron chi connectivity index (χ0n) is 18.5. The number of aromatic nitrogens is 2. The first-order chi connectivity index (χ1) is 15.4. The third-order valence-corrected chi connectivity index (χ3v) is 6.63. The zero-order chi connectivity index (χ0) is 22.7.